The molecule has 2 rings (SSSR count). The van der Waals surface area contributed by atoms with Crippen molar-refractivity contribution in [2.24, 2.45) is 0 Å². The molecular formula is C7H9F3N4S. The van der Waals surface area contributed by atoms with Crippen LogP contribution in [0.2, 0.25) is 0 Å². The van der Waals surface area contributed by atoms with Crippen molar-refractivity contribution < 1.29 is 13.2 Å². The minimum atomic E-state index is -4.47. The molecule has 15 heavy (non-hydrogen) atoms. The smallest absolute Gasteiger partial charge is 0.318 e. The Morgan fingerprint density at radius 3 is 2.60 bits per heavy atom. The second-order valence-electron chi connectivity index (χ2n) is 3.38. The van der Waals surface area contributed by atoms with Gasteiger partial charge < -0.3 is 5.43 Å². The van der Waals surface area contributed by atoms with E-state index in [-0.39, 0.29) is 16.4 Å². The third kappa shape index (κ3) is 1.77. The summed E-state index contributed by atoms with van der Waals surface area (Å²) in [6.45, 7) is 3.74. The number of thioether (sulfide) groups is 1. The predicted molar refractivity (Wildman–Crippen MR) is 49.2 cm³/mol. The molecule has 0 fully saturated rings. The lowest BCUT2D eigenvalue weighted by Gasteiger charge is -2.28. The number of fused-ring (bicyclic) bond motifs is 1. The van der Waals surface area contributed by atoms with E-state index in [4.69, 9.17) is 0 Å². The minimum Gasteiger partial charge on any atom is -0.318 e. The average Bonchev–Trinajstić information content (AvgIpc) is 2.47. The molecule has 8 heteroatoms. The zero-order chi connectivity index (χ0) is 11.2. The molecule has 0 bridgehead atoms. The summed E-state index contributed by atoms with van der Waals surface area (Å²) >= 11 is 1.28. The van der Waals surface area contributed by atoms with Crippen molar-refractivity contribution in [2.75, 3.05) is 5.43 Å². The van der Waals surface area contributed by atoms with Crippen LogP contribution in [-0.2, 0) is 6.18 Å². The largest absolute Gasteiger partial charge is 0.453 e. The van der Waals surface area contributed by atoms with Crippen LogP contribution in [0.25, 0.3) is 0 Å². The molecule has 4 nitrogen and oxygen atoms in total. The number of nitrogens with one attached hydrogen (secondary N) is 1. The van der Waals surface area contributed by atoms with E-state index >= 15 is 0 Å². The van der Waals surface area contributed by atoms with Gasteiger partial charge in [0.05, 0.1) is 6.04 Å². The monoisotopic (exact) mass is 238 g/mol. The Bertz CT molecular complexity index is 375. The van der Waals surface area contributed by atoms with Gasteiger partial charge in [0.25, 0.3) is 5.82 Å². The molecule has 1 N–H and O–H groups in total. The van der Waals surface area contributed by atoms with Crippen molar-refractivity contribution in [1.82, 2.24) is 14.9 Å². The second kappa shape index (κ2) is 3.29. The fourth-order valence-corrected chi connectivity index (χ4v) is 2.15. The first-order chi connectivity index (χ1) is 6.89. The molecule has 1 aromatic rings. The van der Waals surface area contributed by atoms with E-state index in [1.54, 1.807) is 0 Å². The summed E-state index contributed by atoms with van der Waals surface area (Å²) in [4.78, 5) is 0. The second-order valence-corrected chi connectivity index (χ2v) is 4.72. The minimum absolute atomic E-state index is 0.0559. The van der Waals surface area contributed by atoms with Crippen LogP contribution in [0.4, 0.5) is 13.2 Å². The third-order valence-electron chi connectivity index (χ3n) is 2.22. The Hall–Kier alpha value is -0.920. The lowest BCUT2D eigenvalue weighted by atomic mass is 10.3. The summed E-state index contributed by atoms with van der Waals surface area (Å²) in [5, 5.41) is 7.07. The van der Waals surface area contributed by atoms with E-state index in [9.17, 15) is 13.2 Å². The van der Waals surface area contributed by atoms with Crippen molar-refractivity contribution >= 4 is 11.8 Å². The highest BCUT2D eigenvalue weighted by Crippen LogP contribution is 2.34. The number of nitrogens with zero attached hydrogens (tertiary/aromatic N) is 3. The third-order valence-corrected chi connectivity index (χ3v) is 3.47. The Morgan fingerprint density at radius 1 is 1.33 bits per heavy atom. The van der Waals surface area contributed by atoms with Crippen molar-refractivity contribution in [3.05, 3.63) is 5.82 Å². The highest BCUT2D eigenvalue weighted by molar-refractivity contribution is 7.99. The van der Waals surface area contributed by atoms with Gasteiger partial charge in [0, 0.05) is 5.25 Å². The molecule has 1 aliphatic rings. The molecule has 2 heterocycles. The predicted octanol–water partition coefficient (Wildman–Crippen LogP) is 1.72. The summed E-state index contributed by atoms with van der Waals surface area (Å²) in [6, 6.07) is -0.0559. The van der Waals surface area contributed by atoms with Crippen molar-refractivity contribution in [3.8, 4) is 0 Å². The van der Waals surface area contributed by atoms with Crippen LogP contribution in [-0.4, -0.2) is 26.2 Å². The molecule has 0 amide bonds. The van der Waals surface area contributed by atoms with Crippen molar-refractivity contribution in [2.45, 2.75) is 36.5 Å². The molecule has 0 aliphatic carbocycles. The van der Waals surface area contributed by atoms with Gasteiger partial charge in [-0.15, -0.1) is 10.2 Å². The van der Waals surface area contributed by atoms with Crippen LogP contribution in [0.5, 0.6) is 0 Å². The topological polar surface area (TPSA) is 42.7 Å². The van der Waals surface area contributed by atoms with Crippen LogP contribution >= 0.6 is 11.8 Å². The number of rotatable bonds is 0. The van der Waals surface area contributed by atoms with Gasteiger partial charge in [-0.1, -0.05) is 18.7 Å². The van der Waals surface area contributed by atoms with E-state index in [2.05, 4.69) is 15.6 Å². The first-order valence-corrected chi connectivity index (χ1v) is 5.23. The first kappa shape index (κ1) is 10.6. The fourth-order valence-electron chi connectivity index (χ4n) is 1.22. The van der Waals surface area contributed by atoms with Crippen molar-refractivity contribution in [1.29, 1.82) is 0 Å². The number of aromatic nitrogens is 3. The Morgan fingerprint density at radius 2 is 2.00 bits per heavy atom. The normalized spacial score (nSPS) is 25.9. The molecule has 0 aromatic carbocycles. The number of hydrogen-bond acceptors (Lipinski definition) is 4. The summed E-state index contributed by atoms with van der Waals surface area (Å²) in [5.41, 5.74) is 2.72. The fraction of sp³-hybridized carbons (Fsp3) is 0.714. The molecule has 1 aromatic heterocycles. The SMILES string of the molecule is CC1Nn2c(nnc2C(F)(F)F)SC1C. The quantitative estimate of drug-likeness (QED) is 0.747. The molecular weight excluding hydrogens is 229 g/mol. The zero-order valence-corrected chi connectivity index (χ0v) is 8.85. The molecule has 2 atom stereocenters. The van der Waals surface area contributed by atoms with Crippen LogP contribution in [0.3, 0.4) is 0 Å². The Balaban J connectivity index is 2.40. The van der Waals surface area contributed by atoms with Gasteiger partial charge in [-0.25, -0.2) is 4.68 Å². The van der Waals surface area contributed by atoms with E-state index < -0.39 is 12.0 Å². The summed E-state index contributed by atoms with van der Waals surface area (Å²) in [6.07, 6.45) is -4.47. The maximum Gasteiger partial charge on any atom is 0.453 e. The molecule has 1 aliphatic heterocycles. The molecule has 0 spiro atoms. The lowest BCUT2D eigenvalue weighted by molar-refractivity contribution is -0.147. The molecule has 2 unspecified atom stereocenters. The van der Waals surface area contributed by atoms with Gasteiger partial charge in [-0.2, -0.15) is 13.2 Å². The van der Waals surface area contributed by atoms with E-state index in [1.165, 1.54) is 11.8 Å². The number of halogens is 3. The van der Waals surface area contributed by atoms with Crippen molar-refractivity contribution in [3.63, 3.8) is 0 Å². The number of hydrogen-bond donors (Lipinski definition) is 1. The van der Waals surface area contributed by atoms with Gasteiger partial charge in [0.15, 0.2) is 0 Å². The first-order valence-electron chi connectivity index (χ1n) is 4.35. The van der Waals surface area contributed by atoms with Crippen LogP contribution in [0, 0.1) is 0 Å². The van der Waals surface area contributed by atoms with Gasteiger partial charge in [-0.3, -0.25) is 0 Å². The highest BCUT2D eigenvalue weighted by atomic mass is 32.2. The van der Waals surface area contributed by atoms with E-state index in [0.717, 1.165) is 4.68 Å². The van der Waals surface area contributed by atoms with Crippen LogP contribution < -0.4 is 5.43 Å². The van der Waals surface area contributed by atoms with Gasteiger partial charge in [0.2, 0.25) is 5.16 Å². The van der Waals surface area contributed by atoms with Gasteiger partial charge >= 0.3 is 6.18 Å². The lowest BCUT2D eigenvalue weighted by Crippen LogP contribution is -2.39. The maximum atomic E-state index is 12.5. The highest BCUT2D eigenvalue weighted by Gasteiger charge is 2.40. The Kier molecular flexibility index (Phi) is 2.32. The zero-order valence-electron chi connectivity index (χ0n) is 8.04. The summed E-state index contributed by atoms with van der Waals surface area (Å²) in [7, 11) is 0. The summed E-state index contributed by atoms with van der Waals surface area (Å²) < 4.78 is 38.3. The molecule has 0 radical (unpaired) electrons. The van der Waals surface area contributed by atoms with Crippen LogP contribution in [0.15, 0.2) is 5.16 Å². The van der Waals surface area contributed by atoms with Crippen LogP contribution in [0.1, 0.15) is 19.7 Å². The molecule has 0 saturated heterocycles. The molecule has 0 saturated carbocycles. The standard InChI is InChI=1S/C7H9F3N4S/c1-3-4(2)15-6-12-11-5(7(8,9)10)14(6)13-3/h3-4,13H,1-2H3. The van der Waals surface area contributed by atoms with E-state index in [1.807, 2.05) is 13.8 Å². The maximum absolute atomic E-state index is 12.5. The van der Waals surface area contributed by atoms with E-state index in [0.29, 0.717) is 0 Å². The summed E-state index contributed by atoms with van der Waals surface area (Å²) in [5.74, 6) is -0.997. The Labute approximate surface area is 88.2 Å². The molecule has 84 valence electrons. The average molecular weight is 238 g/mol. The number of alkyl halides is 3. The van der Waals surface area contributed by atoms with Gasteiger partial charge in [0.1, 0.15) is 0 Å². The van der Waals surface area contributed by atoms with Gasteiger partial charge in [-0.05, 0) is 6.92 Å².